The molecule has 148 valence electrons. The lowest BCUT2D eigenvalue weighted by Crippen LogP contribution is -2.15. The molecule has 0 bridgehead atoms. The van der Waals surface area contributed by atoms with Gasteiger partial charge in [-0.3, -0.25) is 9.59 Å². The molecule has 8 nitrogen and oxygen atoms in total. The van der Waals surface area contributed by atoms with Crippen molar-refractivity contribution in [1.29, 1.82) is 0 Å². The minimum atomic E-state index is -0.351. The quantitative estimate of drug-likeness (QED) is 0.591. The number of carbonyl (C=O) groups excluding carboxylic acids is 2. The minimum absolute atomic E-state index is 0.161. The van der Waals surface area contributed by atoms with E-state index in [4.69, 9.17) is 4.74 Å². The van der Waals surface area contributed by atoms with E-state index in [-0.39, 0.29) is 23.5 Å². The SMILES string of the molecule is COc1ccc(NC(=O)c2cc(C)nc(Nc3cccc(NC(C)=O)c3)n2)cc1. The molecule has 0 fully saturated rings. The van der Waals surface area contributed by atoms with Crippen LogP contribution in [-0.4, -0.2) is 28.9 Å². The topological polar surface area (TPSA) is 105 Å². The summed E-state index contributed by atoms with van der Waals surface area (Å²) < 4.78 is 5.11. The smallest absolute Gasteiger partial charge is 0.274 e. The molecule has 29 heavy (non-hydrogen) atoms. The fourth-order valence-corrected chi connectivity index (χ4v) is 2.62. The van der Waals surface area contributed by atoms with Gasteiger partial charge in [-0.15, -0.1) is 0 Å². The Morgan fingerprint density at radius 2 is 1.62 bits per heavy atom. The number of methoxy groups -OCH3 is 1. The van der Waals surface area contributed by atoms with Gasteiger partial charge in [0.1, 0.15) is 11.4 Å². The van der Waals surface area contributed by atoms with Crippen molar-refractivity contribution < 1.29 is 14.3 Å². The number of nitrogens with zero attached hydrogens (tertiary/aromatic N) is 2. The van der Waals surface area contributed by atoms with Crippen molar-refractivity contribution in [2.24, 2.45) is 0 Å². The summed E-state index contributed by atoms with van der Waals surface area (Å²) in [5, 5.41) is 8.58. The molecule has 0 saturated carbocycles. The monoisotopic (exact) mass is 391 g/mol. The van der Waals surface area contributed by atoms with E-state index in [1.54, 1.807) is 62.6 Å². The largest absolute Gasteiger partial charge is 0.497 e. The summed E-state index contributed by atoms with van der Waals surface area (Å²) in [4.78, 5) is 32.4. The molecule has 3 rings (SSSR count). The maximum Gasteiger partial charge on any atom is 0.274 e. The summed E-state index contributed by atoms with van der Waals surface area (Å²) >= 11 is 0. The third-order valence-electron chi connectivity index (χ3n) is 3.87. The Kier molecular flexibility index (Phi) is 6.03. The van der Waals surface area contributed by atoms with Crippen molar-refractivity contribution >= 4 is 34.8 Å². The van der Waals surface area contributed by atoms with Crippen LogP contribution in [0.2, 0.25) is 0 Å². The summed E-state index contributed by atoms with van der Waals surface area (Å²) in [6.07, 6.45) is 0. The van der Waals surface area contributed by atoms with Gasteiger partial charge in [0.15, 0.2) is 0 Å². The summed E-state index contributed by atoms with van der Waals surface area (Å²) in [7, 11) is 1.58. The van der Waals surface area contributed by atoms with Crippen LogP contribution in [0.1, 0.15) is 23.1 Å². The standard InChI is InChI=1S/C21H21N5O3/c1-13-11-19(20(28)24-15-7-9-18(29-3)10-8-15)26-21(22-13)25-17-6-4-5-16(12-17)23-14(2)27/h4-12H,1-3H3,(H,23,27)(H,24,28)(H,22,25,26). The first-order valence-electron chi connectivity index (χ1n) is 8.89. The molecule has 0 radical (unpaired) electrons. The second-order valence-corrected chi connectivity index (χ2v) is 6.29. The Morgan fingerprint density at radius 3 is 2.31 bits per heavy atom. The summed E-state index contributed by atoms with van der Waals surface area (Å²) in [5.41, 5.74) is 2.83. The molecule has 3 N–H and O–H groups in total. The number of nitrogens with one attached hydrogen (secondary N) is 3. The maximum atomic E-state index is 12.6. The van der Waals surface area contributed by atoms with Crippen LogP contribution >= 0.6 is 0 Å². The Labute approximate surface area is 168 Å². The van der Waals surface area contributed by atoms with Crippen LogP contribution in [0.5, 0.6) is 5.75 Å². The second-order valence-electron chi connectivity index (χ2n) is 6.29. The van der Waals surface area contributed by atoms with Crippen molar-refractivity contribution in [3.63, 3.8) is 0 Å². The molecule has 0 unspecified atom stereocenters. The molecular weight excluding hydrogens is 370 g/mol. The van der Waals surface area contributed by atoms with Gasteiger partial charge < -0.3 is 20.7 Å². The van der Waals surface area contributed by atoms with Crippen LogP contribution in [-0.2, 0) is 4.79 Å². The van der Waals surface area contributed by atoms with Crippen LogP contribution in [0.25, 0.3) is 0 Å². The number of aromatic nitrogens is 2. The number of amides is 2. The van der Waals surface area contributed by atoms with Crippen molar-refractivity contribution in [3.05, 3.63) is 66.0 Å². The third-order valence-corrected chi connectivity index (χ3v) is 3.87. The van der Waals surface area contributed by atoms with E-state index in [9.17, 15) is 9.59 Å². The minimum Gasteiger partial charge on any atom is -0.497 e. The maximum absolute atomic E-state index is 12.6. The summed E-state index contributed by atoms with van der Waals surface area (Å²) in [5.74, 6) is 0.473. The molecule has 0 aliphatic rings. The van der Waals surface area contributed by atoms with E-state index in [1.165, 1.54) is 6.92 Å². The molecule has 0 spiro atoms. The van der Waals surface area contributed by atoms with Gasteiger partial charge >= 0.3 is 0 Å². The molecule has 0 saturated heterocycles. The fraction of sp³-hybridized carbons (Fsp3) is 0.143. The van der Waals surface area contributed by atoms with Crippen LogP contribution in [0, 0.1) is 6.92 Å². The molecule has 0 aliphatic carbocycles. The van der Waals surface area contributed by atoms with Crippen LogP contribution < -0.4 is 20.7 Å². The van der Waals surface area contributed by atoms with Crippen molar-refractivity contribution in [2.45, 2.75) is 13.8 Å². The fourth-order valence-electron chi connectivity index (χ4n) is 2.62. The van der Waals surface area contributed by atoms with Gasteiger partial charge in [0.25, 0.3) is 5.91 Å². The van der Waals surface area contributed by atoms with Gasteiger partial charge in [-0.1, -0.05) is 6.07 Å². The van der Waals surface area contributed by atoms with Gasteiger partial charge in [0.05, 0.1) is 7.11 Å². The number of hydrogen-bond acceptors (Lipinski definition) is 6. The zero-order valence-electron chi connectivity index (χ0n) is 16.3. The third kappa shape index (κ3) is 5.52. The number of carbonyl (C=O) groups is 2. The molecular formula is C21H21N5O3. The average Bonchev–Trinajstić information content (AvgIpc) is 2.68. The zero-order chi connectivity index (χ0) is 20.8. The molecule has 0 aliphatic heterocycles. The molecule has 2 aromatic carbocycles. The highest BCUT2D eigenvalue weighted by molar-refractivity contribution is 6.03. The van der Waals surface area contributed by atoms with E-state index in [2.05, 4.69) is 25.9 Å². The number of anilines is 4. The first kappa shape index (κ1) is 19.8. The Bertz CT molecular complexity index is 1030. The van der Waals surface area contributed by atoms with Crippen molar-refractivity contribution in [2.75, 3.05) is 23.1 Å². The highest BCUT2D eigenvalue weighted by Gasteiger charge is 2.12. The lowest BCUT2D eigenvalue weighted by atomic mass is 10.2. The van der Waals surface area contributed by atoms with Gasteiger partial charge in [-0.05, 0) is 55.5 Å². The Balaban J connectivity index is 1.76. The predicted molar refractivity (Wildman–Crippen MR) is 112 cm³/mol. The number of ether oxygens (including phenoxy) is 1. The van der Waals surface area contributed by atoms with E-state index < -0.39 is 0 Å². The number of hydrogen-bond donors (Lipinski definition) is 3. The molecule has 1 heterocycles. The summed E-state index contributed by atoms with van der Waals surface area (Å²) in [6, 6.07) is 15.8. The van der Waals surface area contributed by atoms with E-state index in [0.717, 1.165) is 0 Å². The molecule has 0 atom stereocenters. The first-order valence-corrected chi connectivity index (χ1v) is 8.89. The molecule has 2 amide bonds. The average molecular weight is 391 g/mol. The Morgan fingerprint density at radius 1 is 0.897 bits per heavy atom. The lowest BCUT2D eigenvalue weighted by molar-refractivity contribution is -0.114. The number of benzene rings is 2. The zero-order valence-corrected chi connectivity index (χ0v) is 16.3. The van der Waals surface area contributed by atoms with E-state index in [1.807, 2.05) is 6.07 Å². The van der Waals surface area contributed by atoms with E-state index in [0.29, 0.717) is 28.5 Å². The van der Waals surface area contributed by atoms with Gasteiger partial charge in [0, 0.05) is 29.7 Å². The van der Waals surface area contributed by atoms with Crippen molar-refractivity contribution in [1.82, 2.24) is 9.97 Å². The predicted octanol–water partition coefficient (Wildman–Crippen LogP) is 3.75. The highest BCUT2D eigenvalue weighted by atomic mass is 16.5. The normalized spacial score (nSPS) is 10.2. The lowest BCUT2D eigenvalue weighted by Gasteiger charge is -2.10. The number of aryl methyl sites for hydroxylation is 1. The molecule has 8 heteroatoms. The van der Waals surface area contributed by atoms with Gasteiger partial charge in [0.2, 0.25) is 11.9 Å². The Hall–Kier alpha value is -3.94. The van der Waals surface area contributed by atoms with Crippen LogP contribution in [0.3, 0.4) is 0 Å². The number of rotatable bonds is 6. The van der Waals surface area contributed by atoms with Gasteiger partial charge in [-0.2, -0.15) is 0 Å². The summed E-state index contributed by atoms with van der Waals surface area (Å²) in [6.45, 7) is 3.22. The van der Waals surface area contributed by atoms with Gasteiger partial charge in [-0.25, -0.2) is 9.97 Å². The first-order chi connectivity index (χ1) is 13.9. The molecule has 1 aromatic heterocycles. The second kappa shape index (κ2) is 8.83. The highest BCUT2D eigenvalue weighted by Crippen LogP contribution is 2.19. The van der Waals surface area contributed by atoms with Crippen molar-refractivity contribution in [3.8, 4) is 5.75 Å². The van der Waals surface area contributed by atoms with Crippen LogP contribution in [0.15, 0.2) is 54.6 Å². The molecule has 3 aromatic rings. The van der Waals surface area contributed by atoms with Crippen LogP contribution in [0.4, 0.5) is 23.0 Å². The van der Waals surface area contributed by atoms with E-state index >= 15 is 0 Å².